The van der Waals surface area contributed by atoms with Crippen molar-refractivity contribution in [3.05, 3.63) is 10.4 Å². The Morgan fingerprint density at radius 1 is 0.581 bits per heavy atom. The fourth-order valence-electron chi connectivity index (χ4n) is 1.82. The van der Waals surface area contributed by atoms with Crippen molar-refractivity contribution < 1.29 is 45.8 Å². The number of hydrogen-bond donors (Lipinski definition) is 0. The van der Waals surface area contributed by atoms with E-state index in [1.54, 1.807) is 0 Å². The Morgan fingerprint density at radius 3 is 1.16 bits per heavy atom. The minimum atomic E-state index is -3.42. The lowest BCUT2D eigenvalue weighted by Gasteiger charge is -2.08. The summed E-state index contributed by atoms with van der Waals surface area (Å²) < 4.78 is 63.0. The van der Waals surface area contributed by atoms with E-state index in [-0.39, 0.29) is 13.2 Å². The molecule has 0 N–H and O–H groups in total. The van der Waals surface area contributed by atoms with E-state index in [1.165, 1.54) is 0 Å². The van der Waals surface area contributed by atoms with E-state index in [0.717, 1.165) is 6.26 Å². The normalized spacial score (nSPS) is 11.5. The highest BCUT2D eigenvalue weighted by atomic mass is 32.2. The molecule has 0 fully saturated rings. The zero-order valence-corrected chi connectivity index (χ0v) is 19.0. The van der Waals surface area contributed by atoms with Crippen molar-refractivity contribution in [3.8, 4) is 0 Å². The molecule has 31 heavy (non-hydrogen) atoms. The lowest BCUT2D eigenvalue weighted by molar-refractivity contribution is -0.0209. The van der Waals surface area contributed by atoms with Gasteiger partial charge in [0, 0.05) is 11.5 Å². The minimum Gasteiger partial charge on any atom is -0.379 e. The van der Waals surface area contributed by atoms with Crippen LogP contribution in [0.25, 0.3) is 10.4 Å². The van der Waals surface area contributed by atoms with Crippen molar-refractivity contribution in [1.82, 2.24) is 0 Å². The first kappa shape index (κ1) is 29.9. The molecule has 0 aliphatic carbocycles. The highest BCUT2D eigenvalue weighted by Gasteiger charge is 2.00. The number of hydrogen-bond acceptors (Lipinski definition) is 11. The maximum atomic E-state index is 10.7. The van der Waals surface area contributed by atoms with Gasteiger partial charge in [-0.1, -0.05) is 5.11 Å². The molecule has 0 unspecified atom stereocenters. The quantitative estimate of drug-likeness (QED) is 0.0597. The molecule has 0 aliphatic rings. The summed E-state index contributed by atoms with van der Waals surface area (Å²) in [6.45, 7) is 6.28. The van der Waals surface area contributed by atoms with Gasteiger partial charge in [0.05, 0.1) is 105 Å². The van der Waals surface area contributed by atoms with Crippen LogP contribution < -0.4 is 0 Å². The Labute approximate surface area is 183 Å². The van der Waals surface area contributed by atoms with Crippen molar-refractivity contribution in [2.24, 2.45) is 5.11 Å². The van der Waals surface area contributed by atoms with Gasteiger partial charge in [0.2, 0.25) is 0 Å². The summed E-state index contributed by atoms with van der Waals surface area (Å²) in [5.41, 5.74) is 8.09. The van der Waals surface area contributed by atoms with E-state index in [4.69, 9.17) is 38.7 Å². The third-order valence-electron chi connectivity index (χ3n) is 3.16. The van der Waals surface area contributed by atoms with E-state index in [1.807, 2.05) is 0 Å². The van der Waals surface area contributed by atoms with Gasteiger partial charge in [-0.05, 0) is 5.53 Å². The summed E-state index contributed by atoms with van der Waals surface area (Å²) >= 11 is 0. The van der Waals surface area contributed by atoms with Gasteiger partial charge in [-0.2, -0.15) is 8.42 Å². The molecular formula is C17H35N3O10S. The second-order valence-corrected chi connectivity index (χ2v) is 7.41. The number of ether oxygens (including phenoxy) is 7. The van der Waals surface area contributed by atoms with Crippen molar-refractivity contribution in [2.75, 3.05) is 112 Å². The average molecular weight is 474 g/mol. The SMILES string of the molecule is CS(=O)(=O)OCCOCCOCCOCCOCCOCCOCCOCCN=[N+]=[N-]. The van der Waals surface area contributed by atoms with Crippen LogP contribution in [-0.2, 0) is 47.5 Å². The van der Waals surface area contributed by atoms with Crippen molar-refractivity contribution in [2.45, 2.75) is 0 Å². The highest BCUT2D eigenvalue weighted by molar-refractivity contribution is 7.85. The van der Waals surface area contributed by atoms with Gasteiger partial charge in [-0.3, -0.25) is 4.18 Å². The molecule has 0 atom stereocenters. The van der Waals surface area contributed by atoms with Crippen LogP contribution in [0.1, 0.15) is 0 Å². The van der Waals surface area contributed by atoms with Gasteiger partial charge in [0.25, 0.3) is 10.1 Å². The van der Waals surface area contributed by atoms with Crippen LogP contribution in [0.15, 0.2) is 5.11 Å². The third-order valence-corrected chi connectivity index (χ3v) is 3.75. The summed E-state index contributed by atoms with van der Waals surface area (Å²) in [5.74, 6) is 0. The van der Waals surface area contributed by atoms with E-state index >= 15 is 0 Å². The second kappa shape index (κ2) is 23.6. The molecule has 0 rings (SSSR count). The first-order valence-corrected chi connectivity index (χ1v) is 11.8. The standard InChI is InChI=1S/C17H35N3O10S/c1-31(21,22)30-17-16-29-15-14-28-13-12-27-11-10-26-9-8-25-7-6-24-5-4-23-3-2-19-20-18/h2-17H2,1H3. The molecule has 0 aromatic carbocycles. The highest BCUT2D eigenvalue weighted by Crippen LogP contribution is 1.88. The van der Waals surface area contributed by atoms with Crippen LogP contribution in [0.3, 0.4) is 0 Å². The average Bonchev–Trinajstić information content (AvgIpc) is 2.73. The van der Waals surface area contributed by atoms with Crippen LogP contribution in [0.5, 0.6) is 0 Å². The molecule has 14 heteroatoms. The van der Waals surface area contributed by atoms with E-state index in [2.05, 4.69) is 14.2 Å². The fraction of sp³-hybridized carbons (Fsp3) is 1.00. The van der Waals surface area contributed by atoms with E-state index < -0.39 is 10.1 Å². The summed E-state index contributed by atoms with van der Waals surface area (Å²) in [4.78, 5) is 2.62. The van der Waals surface area contributed by atoms with Crippen LogP contribution in [0.2, 0.25) is 0 Å². The molecule has 0 heterocycles. The van der Waals surface area contributed by atoms with Crippen LogP contribution in [-0.4, -0.2) is 120 Å². The molecule has 0 aromatic heterocycles. The minimum absolute atomic E-state index is 0.00155. The van der Waals surface area contributed by atoms with E-state index in [0.29, 0.717) is 92.4 Å². The third kappa shape index (κ3) is 28.9. The molecule has 0 bridgehead atoms. The smallest absolute Gasteiger partial charge is 0.264 e. The van der Waals surface area contributed by atoms with Gasteiger partial charge < -0.3 is 33.2 Å². The van der Waals surface area contributed by atoms with Crippen molar-refractivity contribution >= 4 is 10.1 Å². The van der Waals surface area contributed by atoms with E-state index in [9.17, 15) is 8.42 Å². The molecule has 184 valence electrons. The summed E-state index contributed by atoms with van der Waals surface area (Å²) in [7, 11) is -3.42. The predicted molar refractivity (Wildman–Crippen MR) is 111 cm³/mol. The molecule has 0 spiro atoms. The maximum absolute atomic E-state index is 10.7. The predicted octanol–water partition coefficient (Wildman–Crippen LogP) is 0.389. The Kier molecular flexibility index (Phi) is 22.8. The lowest BCUT2D eigenvalue weighted by Crippen LogP contribution is -2.15. The second-order valence-electron chi connectivity index (χ2n) is 5.77. The fourth-order valence-corrected chi connectivity index (χ4v) is 2.19. The maximum Gasteiger partial charge on any atom is 0.264 e. The largest absolute Gasteiger partial charge is 0.379 e. The number of nitrogens with zero attached hydrogens (tertiary/aromatic N) is 3. The molecule has 0 saturated heterocycles. The molecule has 0 radical (unpaired) electrons. The number of rotatable bonds is 25. The van der Waals surface area contributed by atoms with Gasteiger partial charge in [-0.25, -0.2) is 0 Å². The summed E-state index contributed by atoms with van der Waals surface area (Å²) in [6.07, 6.45) is 0.991. The number of azide groups is 1. The Bertz CT molecular complexity index is 532. The lowest BCUT2D eigenvalue weighted by atomic mass is 10.6. The van der Waals surface area contributed by atoms with Gasteiger partial charge >= 0.3 is 0 Å². The van der Waals surface area contributed by atoms with Crippen LogP contribution >= 0.6 is 0 Å². The Hall–Kier alpha value is -1.06. The topological polar surface area (TPSA) is 157 Å². The monoisotopic (exact) mass is 473 g/mol. The van der Waals surface area contributed by atoms with Gasteiger partial charge in [-0.15, -0.1) is 0 Å². The van der Waals surface area contributed by atoms with Crippen LogP contribution in [0.4, 0.5) is 0 Å². The zero-order chi connectivity index (χ0) is 22.9. The molecule has 0 saturated carbocycles. The van der Waals surface area contributed by atoms with Gasteiger partial charge in [0.15, 0.2) is 0 Å². The Morgan fingerprint density at radius 2 is 0.871 bits per heavy atom. The first-order chi connectivity index (χ1) is 15.1. The molecule has 0 aliphatic heterocycles. The first-order valence-electron chi connectivity index (χ1n) is 9.95. The zero-order valence-electron chi connectivity index (χ0n) is 18.1. The van der Waals surface area contributed by atoms with Crippen molar-refractivity contribution in [1.29, 1.82) is 0 Å². The molecule has 13 nitrogen and oxygen atoms in total. The molecule has 0 aromatic rings. The van der Waals surface area contributed by atoms with Crippen LogP contribution in [0, 0.1) is 0 Å². The molecular weight excluding hydrogens is 438 g/mol. The van der Waals surface area contributed by atoms with Crippen molar-refractivity contribution in [3.63, 3.8) is 0 Å². The van der Waals surface area contributed by atoms with Gasteiger partial charge in [0.1, 0.15) is 0 Å². The Balaban J connectivity index is 3.06. The summed E-state index contributed by atoms with van der Waals surface area (Å²) in [5, 5.41) is 3.35. The molecule has 0 amide bonds. The summed E-state index contributed by atoms with van der Waals surface area (Å²) in [6, 6.07) is 0.